The molecule has 1 atom stereocenters. The molecule has 0 saturated carbocycles. The molecule has 1 heterocycles. The van der Waals surface area contributed by atoms with Gasteiger partial charge in [-0.15, -0.1) is 0 Å². The maximum atomic E-state index is 13.5. The Morgan fingerprint density at radius 2 is 2.15 bits per heavy atom. The summed E-state index contributed by atoms with van der Waals surface area (Å²) in [4.78, 5) is 11.9. The Morgan fingerprint density at radius 3 is 2.80 bits per heavy atom. The standard InChI is InChI=1S/C14H12Cl2FNOS/c1-8(10-5-13(17)12(16)6-11(10)15)18-14(19)4-9-2-3-20-7-9/h2-3,5-8H,4H2,1H3,(H,18,19). The van der Waals surface area contributed by atoms with Crippen molar-refractivity contribution in [3.63, 3.8) is 0 Å². The predicted molar refractivity (Wildman–Crippen MR) is 81.0 cm³/mol. The van der Waals surface area contributed by atoms with Gasteiger partial charge in [-0.2, -0.15) is 11.3 Å². The van der Waals surface area contributed by atoms with Gasteiger partial charge in [0.1, 0.15) is 5.82 Å². The van der Waals surface area contributed by atoms with Crippen LogP contribution in [0.1, 0.15) is 24.1 Å². The van der Waals surface area contributed by atoms with E-state index in [-0.39, 0.29) is 17.0 Å². The summed E-state index contributed by atoms with van der Waals surface area (Å²) in [6.45, 7) is 1.75. The Labute approximate surface area is 130 Å². The van der Waals surface area contributed by atoms with E-state index in [1.165, 1.54) is 23.5 Å². The fourth-order valence-corrected chi connectivity index (χ4v) is 3.03. The van der Waals surface area contributed by atoms with Gasteiger partial charge < -0.3 is 5.32 Å². The van der Waals surface area contributed by atoms with E-state index in [1.807, 2.05) is 16.8 Å². The van der Waals surface area contributed by atoms with Crippen LogP contribution in [0.5, 0.6) is 0 Å². The minimum atomic E-state index is -0.551. The molecule has 2 aromatic rings. The number of carbonyl (C=O) groups is 1. The lowest BCUT2D eigenvalue weighted by Gasteiger charge is -2.16. The molecule has 0 spiro atoms. The highest BCUT2D eigenvalue weighted by Crippen LogP contribution is 2.28. The zero-order valence-corrected chi connectivity index (χ0v) is 12.9. The van der Waals surface area contributed by atoms with Crippen molar-refractivity contribution in [1.29, 1.82) is 0 Å². The van der Waals surface area contributed by atoms with Crippen LogP contribution in [0.15, 0.2) is 29.0 Å². The molecule has 1 N–H and O–H groups in total. The van der Waals surface area contributed by atoms with Crippen LogP contribution in [-0.4, -0.2) is 5.91 Å². The summed E-state index contributed by atoms with van der Waals surface area (Å²) in [5.74, 6) is -0.688. The third kappa shape index (κ3) is 3.72. The molecule has 1 unspecified atom stereocenters. The third-order valence-electron chi connectivity index (χ3n) is 2.83. The topological polar surface area (TPSA) is 29.1 Å². The van der Waals surface area contributed by atoms with Gasteiger partial charge in [-0.05, 0) is 47.0 Å². The van der Waals surface area contributed by atoms with Crippen molar-refractivity contribution < 1.29 is 9.18 Å². The smallest absolute Gasteiger partial charge is 0.224 e. The van der Waals surface area contributed by atoms with Gasteiger partial charge in [0.2, 0.25) is 5.91 Å². The summed E-state index contributed by atoms with van der Waals surface area (Å²) < 4.78 is 13.5. The lowest BCUT2D eigenvalue weighted by Crippen LogP contribution is -2.28. The van der Waals surface area contributed by atoms with Crippen molar-refractivity contribution in [2.75, 3.05) is 0 Å². The van der Waals surface area contributed by atoms with E-state index in [0.717, 1.165) is 5.56 Å². The molecule has 1 aromatic heterocycles. The molecule has 0 aliphatic rings. The van der Waals surface area contributed by atoms with E-state index >= 15 is 0 Å². The van der Waals surface area contributed by atoms with Crippen LogP contribution >= 0.6 is 34.5 Å². The van der Waals surface area contributed by atoms with Gasteiger partial charge in [0.25, 0.3) is 0 Å². The first kappa shape index (κ1) is 15.3. The first-order valence-electron chi connectivity index (χ1n) is 5.92. The maximum Gasteiger partial charge on any atom is 0.224 e. The van der Waals surface area contributed by atoms with Crippen molar-refractivity contribution in [2.24, 2.45) is 0 Å². The first-order chi connectivity index (χ1) is 9.47. The zero-order chi connectivity index (χ0) is 14.7. The molecule has 20 heavy (non-hydrogen) atoms. The van der Waals surface area contributed by atoms with E-state index in [4.69, 9.17) is 23.2 Å². The van der Waals surface area contributed by atoms with Crippen LogP contribution in [0.25, 0.3) is 0 Å². The number of rotatable bonds is 4. The highest BCUT2D eigenvalue weighted by atomic mass is 35.5. The lowest BCUT2D eigenvalue weighted by molar-refractivity contribution is -0.121. The summed E-state index contributed by atoms with van der Waals surface area (Å²) in [5.41, 5.74) is 1.46. The predicted octanol–water partition coefficient (Wildman–Crippen LogP) is 4.61. The number of amides is 1. The summed E-state index contributed by atoms with van der Waals surface area (Å²) in [6, 6.07) is 4.10. The van der Waals surface area contributed by atoms with Gasteiger partial charge in [-0.3, -0.25) is 4.79 Å². The van der Waals surface area contributed by atoms with Crippen molar-refractivity contribution >= 4 is 40.4 Å². The SMILES string of the molecule is CC(NC(=O)Cc1ccsc1)c1cc(F)c(Cl)cc1Cl. The molecule has 0 saturated heterocycles. The molecular formula is C14H12Cl2FNOS. The van der Waals surface area contributed by atoms with Crippen LogP contribution in [-0.2, 0) is 11.2 Å². The van der Waals surface area contributed by atoms with Crippen LogP contribution < -0.4 is 5.32 Å². The molecule has 0 aliphatic carbocycles. The van der Waals surface area contributed by atoms with Crippen LogP contribution in [0.3, 0.4) is 0 Å². The van der Waals surface area contributed by atoms with E-state index in [9.17, 15) is 9.18 Å². The second-order valence-corrected chi connectivity index (χ2v) is 5.98. The van der Waals surface area contributed by atoms with Crippen LogP contribution in [0, 0.1) is 5.82 Å². The molecule has 0 aliphatic heterocycles. The van der Waals surface area contributed by atoms with Crippen molar-refractivity contribution in [1.82, 2.24) is 5.32 Å². The number of benzene rings is 1. The molecule has 0 fully saturated rings. The quantitative estimate of drug-likeness (QED) is 0.814. The monoisotopic (exact) mass is 331 g/mol. The van der Waals surface area contributed by atoms with Crippen molar-refractivity contribution in [3.05, 3.63) is 55.9 Å². The lowest BCUT2D eigenvalue weighted by atomic mass is 10.1. The molecule has 1 aromatic carbocycles. The number of hydrogen-bond donors (Lipinski definition) is 1. The third-order valence-corrected chi connectivity index (χ3v) is 4.18. The van der Waals surface area contributed by atoms with Crippen LogP contribution in [0.2, 0.25) is 10.0 Å². The molecule has 2 rings (SSSR count). The Kier molecular flexibility index (Phi) is 5.02. The minimum absolute atomic E-state index is 0.0319. The molecule has 0 radical (unpaired) electrons. The van der Waals surface area contributed by atoms with Gasteiger partial charge in [-0.1, -0.05) is 23.2 Å². The largest absolute Gasteiger partial charge is 0.349 e. The van der Waals surface area contributed by atoms with Crippen LogP contribution in [0.4, 0.5) is 4.39 Å². The molecule has 6 heteroatoms. The average molecular weight is 332 g/mol. The van der Waals surface area contributed by atoms with Gasteiger partial charge in [-0.25, -0.2) is 4.39 Å². The molecule has 0 bridgehead atoms. The summed E-state index contributed by atoms with van der Waals surface area (Å²) >= 11 is 13.2. The summed E-state index contributed by atoms with van der Waals surface area (Å²) in [7, 11) is 0. The highest BCUT2D eigenvalue weighted by molar-refractivity contribution is 7.08. The fraction of sp³-hybridized carbons (Fsp3) is 0.214. The second kappa shape index (κ2) is 6.57. The summed E-state index contributed by atoms with van der Waals surface area (Å²) in [5, 5.41) is 6.92. The maximum absolute atomic E-state index is 13.5. The first-order valence-corrected chi connectivity index (χ1v) is 7.62. The molecule has 1 amide bonds. The Bertz CT molecular complexity index is 616. The van der Waals surface area contributed by atoms with Crippen molar-refractivity contribution in [2.45, 2.75) is 19.4 Å². The summed E-state index contributed by atoms with van der Waals surface area (Å²) in [6.07, 6.45) is 0.293. The number of halogens is 3. The number of nitrogens with one attached hydrogen (secondary N) is 1. The minimum Gasteiger partial charge on any atom is -0.349 e. The molecule has 2 nitrogen and oxygen atoms in total. The highest BCUT2D eigenvalue weighted by Gasteiger charge is 2.15. The number of thiophene rings is 1. The van der Waals surface area contributed by atoms with Gasteiger partial charge in [0.05, 0.1) is 17.5 Å². The Balaban J connectivity index is 2.06. The van der Waals surface area contributed by atoms with Gasteiger partial charge in [0, 0.05) is 5.02 Å². The average Bonchev–Trinajstić information content (AvgIpc) is 2.86. The Morgan fingerprint density at radius 1 is 1.40 bits per heavy atom. The number of hydrogen-bond acceptors (Lipinski definition) is 2. The second-order valence-electron chi connectivity index (χ2n) is 4.39. The normalized spacial score (nSPS) is 12.2. The van der Waals surface area contributed by atoms with Gasteiger partial charge >= 0.3 is 0 Å². The fourth-order valence-electron chi connectivity index (χ4n) is 1.82. The van der Waals surface area contributed by atoms with E-state index < -0.39 is 5.82 Å². The molecular weight excluding hydrogens is 320 g/mol. The zero-order valence-electron chi connectivity index (χ0n) is 10.6. The van der Waals surface area contributed by atoms with E-state index in [0.29, 0.717) is 17.0 Å². The molecule has 106 valence electrons. The Hall–Kier alpha value is -1.10. The van der Waals surface area contributed by atoms with Crippen molar-refractivity contribution in [3.8, 4) is 0 Å². The van der Waals surface area contributed by atoms with Gasteiger partial charge in [0.15, 0.2) is 0 Å². The van der Waals surface area contributed by atoms with E-state index in [1.54, 1.807) is 6.92 Å². The van der Waals surface area contributed by atoms with E-state index in [2.05, 4.69) is 5.32 Å². The number of carbonyl (C=O) groups excluding carboxylic acids is 1.